The minimum Gasteiger partial charge on any atom is -0.481 e. The average molecular weight is 298 g/mol. The van der Waals surface area contributed by atoms with Gasteiger partial charge in [0.05, 0.1) is 7.11 Å². The number of hydrogen-bond acceptors (Lipinski definition) is 5. The van der Waals surface area contributed by atoms with Gasteiger partial charge >= 0.3 is 0 Å². The second kappa shape index (κ2) is 6.43. The Morgan fingerprint density at radius 3 is 2.59 bits per heavy atom. The quantitative estimate of drug-likeness (QED) is 0.858. The van der Waals surface area contributed by atoms with E-state index in [0.29, 0.717) is 24.5 Å². The highest BCUT2D eigenvalue weighted by atomic mass is 16.5. The number of amides is 1. The van der Waals surface area contributed by atoms with E-state index in [4.69, 9.17) is 4.74 Å². The number of methoxy groups -OCH3 is 1. The van der Waals surface area contributed by atoms with Gasteiger partial charge in [-0.15, -0.1) is 0 Å². The number of hydrogen-bond donors (Lipinski definition) is 0. The first-order valence-electron chi connectivity index (χ1n) is 7.23. The minimum atomic E-state index is 0.0152. The van der Waals surface area contributed by atoms with E-state index in [2.05, 4.69) is 14.9 Å². The Morgan fingerprint density at radius 1 is 1.09 bits per heavy atom. The Morgan fingerprint density at radius 2 is 1.91 bits per heavy atom. The van der Waals surface area contributed by atoms with Crippen LogP contribution < -0.4 is 9.64 Å². The van der Waals surface area contributed by atoms with Crippen LogP contribution >= 0.6 is 0 Å². The Labute approximate surface area is 129 Å². The summed E-state index contributed by atoms with van der Waals surface area (Å²) in [4.78, 5) is 24.9. The summed E-state index contributed by atoms with van der Waals surface area (Å²) >= 11 is 0. The van der Waals surface area contributed by atoms with Crippen molar-refractivity contribution in [1.82, 2.24) is 14.9 Å². The molecule has 0 radical (unpaired) electrons. The largest absolute Gasteiger partial charge is 0.481 e. The summed E-state index contributed by atoms with van der Waals surface area (Å²) in [7, 11) is 1.54. The van der Waals surface area contributed by atoms with Crippen molar-refractivity contribution in [1.29, 1.82) is 0 Å². The van der Waals surface area contributed by atoms with Crippen LogP contribution in [0, 0.1) is 0 Å². The molecule has 1 saturated heterocycles. The first-order chi connectivity index (χ1) is 10.8. The van der Waals surface area contributed by atoms with Crippen LogP contribution in [0.15, 0.2) is 42.7 Å². The number of pyridine rings is 2. The van der Waals surface area contributed by atoms with Crippen molar-refractivity contribution in [2.75, 3.05) is 38.2 Å². The molecule has 6 heteroatoms. The summed E-state index contributed by atoms with van der Waals surface area (Å²) in [5.41, 5.74) is 0.609. The highest BCUT2D eigenvalue weighted by Gasteiger charge is 2.23. The molecule has 1 amide bonds. The van der Waals surface area contributed by atoms with Gasteiger partial charge in [0, 0.05) is 50.2 Å². The molecule has 3 heterocycles. The van der Waals surface area contributed by atoms with E-state index in [1.165, 1.54) is 0 Å². The van der Waals surface area contributed by atoms with Gasteiger partial charge in [0.15, 0.2) is 0 Å². The fraction of sp³-hybridized carbons (Fsp3) is 0.312. The van der Waals surface area contributed by atoms with Gasteiger partial charge in [0.25, 0.3) is 5.91 Å². The highest BCUT2D eigenvalue weighted by molar-refractivity contribution is 5.94. The molecule has 0 bridgehead atoms. The molecule has 0 aromatic carbocycles. The number of rotatable bonds is 3. The van der Waals surface area contributed by atoms with Crippen molar-refractivity contribution in [3.63, 3.8) is 0 Å². The Kier molecular flexibility index (Phi) is 4.18. The van der Waals surface area contributed by atoms with Crippen molar-refractivity contribution in [3.05, 3.63) is 48.3 Å². The standard InChI is InChI=1S/C16H18N4O2/c1-22-15-12-13(5-7-18-15)16(21)20-10-8-19(9-11-20)14-4-2-3-6-17-14/h2-7,12H,8-11H2,1H3. The van der Waals surface area contributed by atoms with Gasteiger partial charge in [-0.25, -0.2) is 9.97 Å². The predicted octanol–water partition coefficient (Wildman–Crippen LogP) is 1.45. The first kappa shape index (κ1) is 14.3. The number of nitrogens with zero attached hydrogens (tertiary/aromatic N) is 4. The Balaban J connectivity index is 1.64. The summed E-state index contributed by atoms with van der Waals surface area (Å²) in [6.45, 7) is 2.93. The molecule has 2 aromatic heterocycles. The monoisotopic (exact) mass is 298 g/mol. The molecule has 2 aromatic rings. The third-order valence-corrected chi connectivity index (χ3v) is 3.73. The molecule has 0 spiro atoms. The van der Waals surface area contributed by atoms with Crippen LogP contribution in [0.5, 0.6) is 5.88 Å². The van der Waals surface area contributed by atoms with Crippen molar-refractivity contribution < 1.29 is 9.53 Å². The van der Waals surface area contributed by atoms with E-state index >= 15 is 0 Å². The third-order valence-electron chi connectivity index (χ3n) is 3.73. The summed E-state index contributed by atoms with van der Waals surface area (Å²) < 4.78 is 5.07. The number of carbonyl (C=O) groups excluding carboxylic acids is 1. The second-order valence-electron chi connectivity index (χ2n) is 5.05. The second-order valence-corrected chi connectivity index (χ2v) is 5.05. The van der Waals surface area contributed by atoms with Crippen LogP contribution in [-0.2, 0) is 0 Å². The summed E-state index contributed by atoms with van der Waals surface area (Å²) in [5, 5.41) is 0. The van der Waals surface area contributed by atoms with Crippen LogP contribution in [0.1, 0.15) is 10.4 Å². The lowest BCUT2D eigenvalue weighted by Crippen LogP contribution is -2.49. The van der Waals surface area contributed by atoms with Gasteiger partial charge in [0.2, 0.25) is 5.88 Å². The summed E-state index contributed by atoms with van der Waals surface area (Å²) in [5.74, 6) is 1.43. The summed E-state index contributed by atoms with van der Waals surface area (Å²) in [6, 6.07) is 9.26. The lowest BCUT2D eigenvalue weighted by Gasteiger charge is -2.35. The molecule has 3 rings (SSSR count). The molecule has 0 aliphatic carbocycles. The van der Waals surface area contributed by atoms with Crippen molar-refractivity contribution in [2.24, 2.45) is 0 Å². The van der Waals surface area contributed by atoms with Crippen LogP contribution in [0.4, 0.5) is 5.82 Å². The lowest BCUT2D eigenvalue weighted by molar-refractivity contribution is 0.0746. The fourth-order valence-electron chi connectivity index (χ4n) is 2.52. The van der Waals surface area contributed by atoms with Crippen LogP contribution in [-0.4, -0.2) is 54.1 Å². The maximum atomic E-state index is 12.5. The van der Waals surface area contributed by atoms with Crippen LogP contribution in [0.25, 0.3) is 0 Å². The molecule has 0 N–H and O–H groups in total. The molecule has 0 saturated carbocycles. The number of carbonyl (C=O) groups is 1. The van der Waals surface area contributed by atoms with Gasteiger partial charge in [-0.05, 0) is 18.2 Å². The van der Waals surface area contributed by atoms with E-state index in [-0.39, 0.29) is 5.91 Å². The Bertz CT molecular complexity index is 640. The molecule has 1 aliphatic heterocycles. The van der Waals surface area contributed by atoms with Gasteiger partial charge in [-0.1, -0.05) is 6.07 Å². The smallest absolute Gasteiger partial charge is 0.254 e. The van der Waals surface area contributed by atoms with Gasteiger partial charge in [-0.2, -0.15) is 0 Å². The van der Waals surface area contributed by atoms with Gasteiger partial charge < -0.3 is 14.5 Å². The highest BCUT2D eigenvalue weighted by Crippen LogP contribution is 2.16. The van der Waals surface area contributed by atoms with Crippen molar-refractivity contribution >= 4 is 11.7 Å². The summed E-state index contributed by atoms with van der Waals surface area (Å²) in [6.07, 6.45) is 3.38. The molecule has 1 fully saturated rings. The molecule has 114 valence electrons. The topological polar surface area (TPSA) is 58.6 Å². The van der Waals surface area contributed by atoms with E-state index in [9.17, 15) is 4.79 Å². The van der Waals surface area contributed by atoms with Crippen molar-refractivity contribution in [2.45, 2.75) is 0 Å². The van der Waals surface area contributed by atoms with Gasteiger partial charge in [0.1, 0.15) is 5.82 Å². The molecular formula is C16H18N4O2. The zero-order valence-corrected chi connectivity index (χ0v) is 12.5. The first-order valence-corrected chi connectivity index (χ1v) is 7.23. The van der Waals surface area contributed by atoms with Crippen molar-refractivity contribution in [3.8, 4) is 5.88 Å². The Hall–Kier alpha value is -2.63. The maximum Gasteiger partial charge on any atom is 0.254 e. The van der Waals surface area contributed by atoms with Crippen LogP contribution in [0.3, 0.4) is 0 Å². The number of ether oxygens (including phenoxy) is 1. The number of piperazine rings is 1. The maximum absolute atomic E-state index is 12.5. The SMILES string of the molecule is COc1cc(C(=O)N2CCN(c3ccccn3)CC2)ccn1. The number of aromatic nitrogens is 2. The zero-order valence-electron chi connectivity index (χ0n) is 12.5. The van der Waals surface area contributed by atoms with E-state index in [1.54, 1.807) is 31.6 Å². The molecular weight excluding hydrogens is 280 g/mol. The normalized spacial score (nSPS) is 14.8. The molecule has 6 nitrogen and oxygen atoms in total. The average Bonchev–Trinajstić information content (AvgIpc) is 2.62. The zero-order chi connectivity index (χ0) is 15.4. The van der Waals surface area contributed by atoms with Gasteiger partial charge in [-0.3, -0.25) is 4.79 Å². The van der Waals surface area contributed by atoms with Crippen LogP contribution in [0.2, 0.25) is 0 Å². The molecule has 22 heavy (non-hydrogen) atoms. The van der Waals surface area contributed by atoms with E-state index < -0.39 is 0 Å². The third kappa shape index (κ3) is 3.00. The minimum absolute atomic E-state index is 0.0152. The molecule has 0 unspecified atom stereocenters. The molecule has 0 atom stereocenters. The molecule has 1 aliphatic rings. The van der Waals surface area contributed by atoms with E-state index in [1.807, 2.05) is 23.1 Å². The lowest BCUT2D eigenvalue weighted by atomic mass is 10.2. The number of anilines is 1. The van der Waals surface area contributed by atoms with E-state index in [0.717, 1.165) is 18.9 Å². The predicted molar refractivity (Wildman–Crippen MR) is 83.1 cm³/mol. The fourth-order valence-corrected chi connectivity index (χ4v) is 2.52.